The van der Waals surface area contributed by atoms with Crippen LogP contribution in [-0.4, -0.2) is 59.6 Å². The molecule has 1 saturated heterocycles. The van der Waals surface area contributed by atoms with E-state index >= 15 is 0 Å². The van der Waals surface area contributed by atoms with E-state index in [0.717, 1.165) is 25.9 Å². The Labute approximate surface area is 146 Å². The molecule has 2 heterocycles. The minimum absolute atomic E-state index is 0.0311. The quantitative estimate of drug-likeness (QED) is 0.668. The molecular formula is C17H23BN2O5. The molecule has 0 spiro atoms. The Morgan fingerprint density at radius 1 is 1.40 bits per heavy atom. The zero-order chi connectivity index (χ0) is 18.0. The van der Waals surface area contributed by atoms with Crippen LogP contribution in [0.25, 0.3) is 0 Å². The average Bonchev–Trinajstić information content (AvgIpc) is 2.54. The van der Waals surface area contributed by atoms with Crippen molar-refractivity contribution < 1.29 is 24.4 Å². The van der Waals surface area contributed by atoms with Gasteiger partial charge in [-0.2, -0.15) is 0 Å². The first-order chi connectivity index (χ1) is 11.9. The summed E-state index contributed by atoms with van der Waals surface area (Å²) in [5.74, 6) is -1.23. The number of hydrogen-bond acceptors (Lipinski definition) is 6. The van der Waals surface area contributed by atoms with E-state index in [0.29, 0.717) is 18.5 Å². The van der Waals surface area contributed by atoms with E-state index in [9.17, 15) is 19.7 Å². The van der Waals surface area contributed by atoms with Crippen LogP contribution in [0.3, 0.4) is 0 Å². The summed E-state index contributed by atoms with van der Waals surface area (Å²) in [4.78, 5) is 25.7. The highest BCUT2D eigenvalue weighted by molar-refractivity contribution is 6.47. The number of aromatic carboxylic acids is 1. The number of nitrogens with zero attached hydrogens (tertiary/aromatic N) is 1. The van der Waals surface area contributed by atoms with Crippen molar-refractivity contribution in [1.82, 2.24) is 4.90 Å². The van der Waals surface area contributed by atoms with Crippen molar-refractivity contribution in [3.05, 3.63) is 29.3 Å². The van der Waals surface area contributed by atoms with Crippen LogP contribution < -0.4 is 10.4 Å². The van der Waals surface area contributed by atoms with E-state index in [-0.39, 0.29) is 35.4 Å². The number of para-hydroxylation sites is 1. The van der Waals surface area contributed by atoms with Gasteiger partial charge < -0.3 is 20.5 Å². The maximum atomic E-state index is 12.4. The third-order valence-electron chi connectivity index (χ3n) is 4.88. The van der Waals surface area contributed by atoms with Crippen LogP contribution in [0.1, 0.15) is 35.2 Å². The number of likely N-dealkylation sites (tertiary alicyclic amines) is 1. The van der Waals surface area contributed by atoms with Gasteiger partial charge in [0.1, 0.15) is 11.5 Å². The second kappa shape index (κ2) is 7.55. The lowest BCUT2D eigenvalue weighted by Gasteiger charge is -2.31. The van der Waals surface area contributed by atoms with Crippen LogP contribution in [0.4, 0.5) is 0 Å². The SMILES string of the molecule is N[C@H]1CCCN(CC(=O)C[C@H]2Cc3cccc(C(=O)O)c3OB2O)C1. The van der Waals surface area contributed by atoms with E-state index < -0.39 is 13.1 Å². The average molecular weight is 346 g/mol. The van der Waals surface area contributed by atoms with Crippen molar-refractivity contribution in [2.45, 2.75) is 37.5 Å². The summed E-state index contributed by atoms with van der Waals surface area (Å²) in [5, 5.41) is 19.4. The van der Waals surface area contributed by atoms with Crippen molar-refractivity contribution in [2.75, 3.05) is 19.6 Å². The molecule has 3 rings (SSSR count). The number of carbonyl (C=O) groups excluding carboxylic acids is 1. The van der Waals surface area contributed by atoms with Crippen LogP contribution in [-0.2, 0) is 11.2 Å². The molecular weight excluding hydrogens is 323 g/mol. The molecule has 2 aliphatic heterocycles. The summed E-state index contributed by atoms with van der Waals surface area (Å²) >= 11 is 0. The Morgan fingerprint density at radius 2 is 2.20 bits per heavy atom. The zero-order valence-electron chi connectivity index (χ0n) is 14.1. The fourth-order valence-electron chi connectivity index (χ4n) is 3.67. The molecule has 134 valence electrons. The number of rotatable bonds is 5. The van der Waals surface area contributed by atoms with Gasteiger partial charge in [0.05, 0.1) is 12.1 Å². The summed E-state index contributed by atoms with van der Waals surface area (Å²) in [7, 11) is -1.18. The van der Waals surface area contributed by atoms with Crippen LogP contribution in [0.15, 0.2) is 18.2 Å². The number of carboxylic acid groups (broad SMARTS) is 1. The molecule has 2 atom stereocenters. The molecule has 1 fully saturated rings. The number of Topliss-reactive ketones (excluding diaryl/α,β-unsaturated/α-hetero) is 1. The fraction of sp³-hybridized carbons (Fsp3) is 0.529. The van der Waals surface area contributed by atoms with E-state index in [1.807, 2.05) is 0 Å². The predicted octanol–water partition coefficient (Wildman–Crippen LogP) is 0.553. The Hall–Kier alpha value is -1.90. The maximum absolute atomic E-state index is 12.4. The maximum Gasteiger partial charge on any atom is 0.526 e. The molecule has 1 aromatic rings. The van der Waals surface area contributed by atoms with E-state index in [2.05, 4.69) is 4.90 Å². The highest BCUT2D eigenvalue weighted by atomic mass is 16.5. The molecule has 0 radical (unpaired) electrons. The summed E-state index contributed by atoms with van der Waals surface area (Å²) in [6, 6.07) is 4.98. The number of benzene rings is 1. The minimum atomic E-state index is -1.18. The molecule has 0 aliphatic carbocycles. The van der Waals surface area contributed by atoms with Gasteiger partial charge in [0.25, 0.3) is 0 Å². The first-order valence-corrected chi connectivity index (χ1v) is 8.63. The van der Waals surface area contributed by atoms with Gasteiger partial charge in [-0.3, -0.25) is 9.69 Å². The van der Waals surface area contributed by atoms with E-state index in [4.69, 9.17) is 10.4 Å². The van der Waals surface area contributed by atoms with Gasteiger partial charge in [0, 0.05) is 24.8 Å². The molecule has 0 saturated carbocycles. The number of fused-ring (bicyclic) bond motifs is 1. The molecule has 0 bridgehead atoms. The van der Waals surface area contributed by atoms with Crippen molar-refractivity contribution >= 4 is 18.9 Å². The Morgan fingerprint density at radius 3 is 2.92 bits per heavy atom. The van der Waals surface area contributed by atoms with Crippen LogP contribution in [0, 0.1) is 0 Å². The Balaban J connectivity index is 1.63. The van der Waals surface area contributed by atoms with Gasteiger partial charge in [-0.25, -0.2) is 4.79 Å². The number of piperidine rings is 1. The van der Waals surface area contributed by atoms with Gasteiger partial charge in [-0.05, 0) is 37.4 Å². The Kier molecular flexibility index (Phi) is 5.41. The van der Waals surface area contributed by atoms with Gasteiger partial charge in [0.15, 0.2) is 0 Å². The first-order valence-electron chi connectivity index (χ1n) is 8.63. The highest BCUT2D eigenvalue weighted by Crippen LogP contribution is 2.36. The summed E-state index contributed by atoms with van der Waals surface area (Å²) in [6.45, 7) is 1.92. The number of ketones is 1. The van der Waals surface area contributed by atoms with E-state index in [1.54, 1.807) is 12.1 Å². The van der Waals surface area contributed by atoms with Gasteiger partial charge >= 0.3 is 13.1 Å². The second-order valence-electron chi connectivity index (χ2n) is 6.95. The lowest BCUT2D eigenvalue weighted by atomic mass is 9.64. The predicted molar refractivity (Wildman–Crippen MR) is 92.7 cm³/mol. The monoisotopic (exact) mass is 346 g/mol. The molecule has 4 N–H and O–H groups in total. The van der Waals surface area contributed by atoms with E-state index in [1.165, 1.54) is 6.07 Å². The number of carboxylic acids is 1. The lowest BCUT2D eigenvalue weighted by molar-refractivity contribution is -0.120. The van der Waals surface area contributed by atoms with Gasteiger partial charge in [-0.1, -0.05) is 12.1 Å². The molecule has 25 heavy (non-hydrogen) atoms. The molecule has 0 amide bonds. The molecule has 1 aromatic carbocycles. The standard InChI is InChI=1S/C17H23BN2O5/c19-13-4-2-6-20(9-13)10-14(21)8-12-7-11-3-1-5-15(17(22)23)16(11)25-18(12)24/h1,3,5,12-13,24H,2,4,6-10,19H2,(H,22,23)/t12-,13+/m1/s1. The third-order valence-corrected chi connectivity index (χ3v) is 4.88. The number of hydrogen-bond donors (Lipinski definition) is 3. The largest absolute Gasteiger partial charge is 0.535 e. The molecule has 2 aliphatic rings. The minimum Gasteiger partial charge on any atom is -0.535 e. The molecule has 7 nitrogen and oxygen atoms in total. The molecule has 0 aromatic heterocycles. The third kappa shape index (κ3) is 4.20. The van der Waals surface area contributed by atoms with Crippen LogP contribution in [0.5, 0.6) is 5.75 Å². The summed E-state index contributed by atoms with van der Waals surface area (Å²) in [6.07, 6.45) is 2.60. The lowest BCUT2D eigenvalue weighted by Crippen LogP contribution is -2.45. The number of nitrogens with two attached hydrogens (primary N) is 1. The van der Waals surface area contributed by atoms with Crippen molar-refractivity contribution in [1.29, 1.82) is 0 Å². The second-order valence-corrected chi connectivity index (χ2v) is 6.95. The van der Waals surface area contributed by atoms with Crippen LogP contribution >= 0.6 is 0 Å². The zero-order valence-corrected chi connectivity index (χ0v) is 14.1. The molecule has 8 heteroatoms. The summed E-state index contributed by atoms with van der Waals surface area (Å²) < 4.78 is 5.43. The van der Waals surface area contributed by atoms with Gasteiger partial charge in [-0.15, -0.1) is 0 Å². The van der Waals surface area contributed by atoms with Crippen molar-refractivity contribution in [3.8, 4) is 5.75 Å². The fourth-order valence-corrected chi connectivity index (χ4v) is 3.67. The normalized spacial score (nSPS) is 23.7. The summed E-state index contributed by atoms with van der Waals surface area (Å²) in [5.41, 5.74) is 6.68. The van der Waals surface area contributed by atoms with Crippen molar-refractivity contribution in [2.24, 2.45) is 5.73 Å². The Bertz CT molecular complexity index is 668. The first kappa shape index (κ1) is 17.9. The topological polar surface area (TPSA) is 113 Å². The van der Waals surface area contributed by atoms with Gasteiger partial charge in [0.2, 0.25) is 0 Å². The molecule has 0 unspecified atom stereocenters. The number of carbonyl (C=O) groups is 2. The smallest absolute Gasteiger partial charge is 0.526 e. The van der Waals surface area contributed by atoms with Crippen molar-refractivity contribution in [3.63, 3.8) is 0 Å². The van der Waals surface area contributed by atoms with Crippen LogP contribution in [0.2, 0.25) is 5.82 Å². The highest BCUT2D eigenvalue weighted by Gasteiger charge is 2.38.